The molecule has 1 aromatic carbocycles. The quantitative estimate of drug-likeness (QED) is 0.916. The molecule has 0 aromatic heterocycles. The van der Waals surface area contributed by atoms with Crippen molar-refractivity contribution in [2.45, 2.75) is 19.6 Å². The van der Waals surface area contributed by atoms with Gasteiger partial charge in [0.25, 0.3) is 0 Å². The molecule has 2 nitrogen and oxygen atoms in total. The van der Waals surface area contributed by atoms with Crippen molar-refractivity contribution in [1.29, 1.82) is 0 Å². The second-order valence-corrected chi connectivity index (χ2v) is 5.61. The third kappa shape index (κ3) is 3.09. The maximum atomic E-state index is 13.1. The second-order valence-electron chi connectivity index (χ2n) is 5.61. The Kier molecular flexibility index (Phi) is 3.87. The van der Waals surface area contributed by atoms with Crippen LogP contribution < -0.4 is 5.73 Å². The molecule has 1 aromatic rings. The molecule has 1 aliphatic rings. The first kappa shape index (κ1) is 14.3. The Morgan fingerprint density at radius 3 is 2.42 bits per heavy atom. The largest absolute Gasteiger partial charge is 0.393 e. The van der Waals surface area contributed by atoms with E-state index in [9.17, 15) is 13.2 Å². The number of benzene rings is 1. The lowest BCUT2D eigenvalue weighted by molar-refractivity contribution is -0.192. The normalized spacial score (nSPS) is 28.8. The number of rotatable bonds is 3. The lowest BCUT2D eigenvalue weighted by atomic mass is 9.79. The maximum Gasteiger partial charge on any atom is 0.393 e. The summed E-state index contributed by atoms with van der Waals surface area (Å²) in [5.41, 5.74) is 5.73. The number of alkyl halides is 3. The van der Waals surface area contributed by atoms with Crippen molar-refractivity contribution in [2.24, 2.45) is 17.1 Å². The van der Waals surface area contributed by atoms with Gasteiger partial charge in [-0.3, -0.25) is 4.90 Å². The van der Waals surface area contributed by atoms with E-state index in [4.69, 9.17) is 5.73 Å². The summed E-state index contributed by atoms with van der Waals surface area (Å²) < 4.78 is 39.2. The molecule has 0 saturated carbocycles. The average Bonchev–Trinajstić information content (AvgIpc) is 2.68. The average molecular weight is 272 g/mol. The lowest BCUT2D eigenvalue weighted by Crippen LogP contribution is -2.42. The highest BCUT2D eigenvalue weighted by Gasteiger charge is 2.55. The zero-order chi connectivity index (χ0) is 14.1. The zero-order valence-electron chi connectivity index (χ0n) is 11.0. The van der Waals surface area contributed by atoms with E-state index >= 15 is 0 Å². The van der Waals surface area contributed by atoms with Crippen LogP contribution in [0.4, 0.5) is 13.2 Å². The van der Waals surface area contributed by atoms with Gasteiger partial charge in [-0.25, -0.2) is 0 Å². The number of hydrogen-bond acceptors (Lipinski definition) is 2. The molecule has 0 spiro atoms. The number of nitrogens with two attached hydrogens (primary N) is 1. The molecule has 0 unspecified atom stereocenters. The highest BCUT2D eigenvalue weighted by molar-refractivity contribution is 5.15. The van der Waals surface area contributed by atoms with Crippen molar-refractivity contribution in [3.05, 3.63) is 35.9 Å². The Hall–Kier alpha value is -1.07. The predicted molar refractivity (Wildman–Crippen MR) is 68.4 cm³/mol. The van der Waals surface area contributed by atoms with Gasteiger partial charge < -0.3 is 5.73 Å². The molecule has 0 amide bonds. The first-order valence-corrected chi connectivity index (χ1v) is 6.38. The van der Waals surface area contributed by atoms with Gasteiger partial charge in [0, 0.05) is 25.0 Å². The van der Waals surface area contributed by atoms with E-state index in [1.54, 1.807) is 6.92 Å². The summed E-state index contributed by atoms with van der Waals surface area (Å²) in [6.07, 6.45) is -4.18. The number of likely N-dealkylation sites (tertiary alicyclic amines) is 1. The molecule has 2 N–H and O–H groups in total. The molecule has 1 heterocycles. The fraction of sp³-hybridized carbons (Fsp3) is 0.571. The topological polar surface area (TPSA) is 29.3 Å². The van der Waals surface area contributed by atoms with E-state index in [0.29, 0.717) is 13.1 Å². The first-order chi connectivity index (χ1) is 8.85. The third-order valence-corrected chi connectivity index (χ3v) is 3.98. The van der Waals surface area contributed by atoms with Gasteiger partial charge >= 0.3 is 6.18 Å². The minimum atomic E-state index is -4.18. The van der Waals surface area contributed by atoms with Crippen LogP contribution in [0.3, 0.4) is 0 Å². The fourth-order valence-corrected chi connectivity index (χ4v) is 2.83. The SMILES string of the molecule is C[C@@]1(CN)CN(Cc2ccccc2)C[C@H]1C(F)(F)F. The molecule has 0 bridgehead atoms. The highest BCUT2D eigenvalue weighted by atomic mass is 19.4. The smallest absolute Gasteiger partial charge is 0.330 e. The third-order valence-electron chi connectivity index (χ3n) is 3.98. The Morgan fingerprint density at radius 1 is 1.32 bits per heavy atom. The summed E-state index contributed by atoms with van der Waals surface area (Å²) in [6.45, 7) is 2.66. The molecule has 2 rings (SSSR count). The predicted octanol–water partition coefficient (Wildman–Crippen LogP) is 2.65. The van der Waals surface area contributed by atoms with Gasteiger partial charge in [-0.05, 0) is 12.1 Å². The van der Waals surface area contributed by atoms with Crippen molar-refractivity contribution in [3.63, 3.8) is 0 Å². The van der Waals surface area contributed by atoms with Crippen molar-refractivity contribution >= 4 is 0 Å². The summed E-state index contributed by atoms with van der Waals surface area (Å²) >= 11 is 0. The van der Waals surface area contributed by atoms with E-state index < -0.39 is 17.5 Å². The fourth-order valence-electron chi connectivity index (χ4n) is 2.83. The van der Waals surface area contributed by atoms with Crippen molar-refractivity contribution in [3.8, 4) is 0 Å². The van der Waals surface area contributed by atoms with Gasteiger partial charge in [0.2, 0.25) is 0 Å². The lowest BCUT2D eigenvalue weighted by Gasteiger charge is -2.30. The Labute approximate surface area is 111 Å². The van der Waals surface area contributed by atoms with Gasteiger partial charge in [0.15, 0.2) is 0 Å². The minimum absolute atomic E-state index is 0.0338. The van der Waals surface area contributed by atoms with E-state index in [1.807, 2.05) is 35.2 Å². The molecule has 0 radical (unpaired) electrons. The molecule has 1 saturated heterocycles. The van der Waals surface area contributed by atoms with Crippen LogP contribution in [-0.2, 0) is 6.54 Å². The molecule has 1 fully saturated rings. The van der Waals surface area contributed by atoms with Gasteiger partial charge in [-0.2, -0.15) is 13.2 Å². The van der Waals surface area contributed by atoms with Crippen LogP contribution in [0.5, 0.6) is 0 Å². The Bertz CT molecular complexity index is 418. The molecule has 5 heteroatoms. The van der Waals surface area contributed by atoms with Crippen LogP contribution >= 0.6 is 0 Å². The molecular formula is C14H19F3N2. The van der Waals surface area contributed by atoms with Gasteiger partial charge in [-0.1, -0.05) is 37.3 Å². The molecule has 19 heavy (non-hydrogen) atoms. The van der Waals surface area contributed by atoms with Crippen molar-refractivity contribution in [1.82, 2.24) is 4.90 Å². The Morgan fingerprint density at radius 2 is 1.95 bits per heavy atom. The summed E-state index contributed by atoms with van der Waals surface area (Å²) in [5.74, 6) is -1.34. The van der Waals surface area contributed by atoms with Gasteiger partial charge in [0.05, 0.1) is 5.92 Å². The number of halogens is 3. The zero-order valence-corrected chi connectivity index (χ0v) is 11.0. The monoisotopic (exact) mass is 272 g/mol. The minimum Gasteiger partial charge on any atom is -0.330 e. The van der Waals surface area contributed by atoms with E-state index in [-0.39, 0.29) is 13.1 Å². The van der Waals surface area contributed by atoms with Crippen LogP contribution in [0, 0.1) is 11.3 Å². The maximum absolute atomic E-state index is 13.1. The number of hydrogen-bond donors (Lipinski definition) is 1. The van der Waals surface area contributed by atoms with Gasteiger partial charge in [-0.15, -0.1) is 0 Å². The summed E-state index contributed by atoms with van der Waals surface area (Å²) in [7, 11) is 0. The number of nitrogens with zero attached hydrogens (tertiary/aromatic N) is 1. The molecule has 2 atom stereocenters. The summed E-state index contributed by atoms with van der Waals surface area (Å²) in [6, 6.07) is 9.56. The van der Waals surface area contributed by atoms with Crippen molar-refractivity contribution < 1.29 is 13.2 Å². The summed E-state index contributed by atoms with van der Waals surface area (Å²) in [4.78, 5) is 1.85. The van der Waals surface area contributed by atoms with E-state index in [2.05, 4.69) is 0 Å². The van der Waals surface area contributed by atoms with Crippen LogP contribution in [-0.4, -0.2) is 30.7 Å². The van der Waals surface area contributed by atoms with Crippen LogP contribution in [0.1, 0.15) is 12.5 Å². The van der Waals surface area contributed by atoms with Crippen molar-refractivity contribution in [2.75, 3.05) is 19.6 Å². The molecule has 0 aliphatic carbocycles. The van der Waals surface area contributed by atoms with Crippen LogP contribution in [0.2, 0.25) is 0 Å². The molecule has 106 valence electrons. The Balaban J connectivity index is 2.11. The second kappa shape index (κ2) is 5.13. The van der Waals surface area contributed by atoms with E-state index in [0.717, 1.165) is 5.56 Å². The summed E-state index contributed by atoms with van der Waals surface area (Å²) in [5, 5.41) is 0. The van der Waals surface area contributed by atoms with Gasteiger partial charge in [0.1, 0.15) is 0 Å². The molecular weight excluding hydrogens is 253 g/mol. The van der Waals surface area contributed by atoms with Crippen LogP contribution in [0.25, 0.3) is 0 Å². The first-order valence-electron chi connectivity index (χ1n) is 6.38. The highest BCUT2D eigenvalue weighted by Crippen LogP contribution is 2.45. The van der Waals surface area contributed by atoms with E-state index in [1.165, 1.54) is 0 Å². The van der Waals surface area contributed by atoms with Crippen LogP contribution in [0.15, 0.2) is 30.3 Å². The molecule has 1 aliphatic heterocycles. The standard InChI is InChI=1S/C14H19F3N2/c1-13(9-18)10-19(8-12(13)14(15,16)17)7-11-5-3-2-4-6-11/h2-6,12H,7-10,18H2,1H3/t12-,13-/m1/s1.